The highest BCUT2D eigenvalue weighted by Gasteiger charge is 2.31. The van der Waals surface area contributed by atoms with Crippen LogP contribution in [0.15, 0.2) is 53.4 Å². The lowest BCUT2D eigenvalue weighted by atomic mass is 10.2. The van der Waals surface area contributed by atoms with E-state index in [1.54, 1.807) is 0 Å². The third kappa shape index (κ3) is 3.32. The zero-order valence-electron chi connectivity index (χ0n) is 13.8. The van der Waals surface area contributed by atoms with Gasteiger partial charge < -0.3 is 4.74 Å². The van der Waals surface area contributed by atoms with Crippen molar-refractivity contribution in [1.82, 2.24) is 4.98 Å². The molecule has 0 spiro atoms. The second-order valence-electron chi connectivity index (χ2n) is 6.09. The van der Waals surface area contributed by atoms with Gasteiger partial charge in [-0.25, -0.2) is 22.1 Å². The number of rotatable bonds is 5. The molecule has 0 aliphatic carbocycles. The van der Waals surface area contributed by atoms with Crippen molar-refractivity contribution >= 4 is 36.7 Å². The number of halogens is 1. The Bertz CT molecular complexity index is 997. The molecule has 0 saturated carbocycles. The molecule has 1 aromatic heterocycles. The molecule has 1 saturated heterocycles. The largest absolute Gasteiger partial charge is 0.376 e. The molecular weight excluding hydrogens is 375 g/mol. The molecule has 4 rings (SSSR count). The smallest absolute Gasteiger partial charge is 0.266 e. The van der Waals surface area contributed by atoms with E-state index in [2.05, 4.69) is 4.98 Å². The molecule has 2 aromatic carbocycles. The predicted octanol–water partition coefficient (Wildman–Crippen LogP) is 3.81. The standard InChI is InChI=1S/C18H17FN2O3S2/c19-13-5-3-7-15(11-13)26(22,23)21(12-14-6-4-10-24-14)18-20-16-8-1-2-9-17(16)25-18/h1-3,5,7-9,11,14H,4,6,10,12H2/t14-/m1/s1. The molecule has 0 radical (unpaired) electrons. The summed E-state index contributed by atoms with van der Waals surface area (Å²) in [7, 11) is -3.95. The Morgan fingerprint density at radius 1 is 1.23 bits per heavy atom. The Balaban J connectivity index is 1.79. The summed E-state index contributed by atoms with van der Waals surface area (Å²) in [6.45, 7) is 0.789. The summed E-state index contributed by atoms with van der Waals surface area (Å²) in [5.74, 6) is -0.590. The van der Waals surface area contributed by atoms with E-state index in [9.17, 15) is 12.8 Å². The fourth-order valence-electron chi connectivity index (χ4n) is 2.97. The van der Waals surface area contributed by atoms with Crippen LogP contribution >= 0.6 is 11.3 Å². The molecular formula is C18H17FN2O3S2. The van der Waals surface area contributed by atoms with Gasteiger partial charge in [0.1, 0.15) is 5.82 Å². The van der Waals surface area contributed by atoms with Crippen molar-refractivity contribution in [2.24, 2.45) is 0 Å². The zero-order chi connectivity index (χ0) is 18.1. The van der Waals surface area contributed by atoms with Crippen LogP contribution in [0.1, 0.15) is 12.8 Å². The number of fused-ring (bicyclic) bond motifs is 1. The van der Waals surface area contributed by atoms with Crippen LogP contribution in [-0.4, -0.2) is 32.7 Å². The molecule has 0 unspecified atom stereocenters. The number of thiazole rings is 1. The maximum absolute atomic E-state index is 13.6. The van der Waals surface area contributed by atoms with Gasteiger partial charge in [-0.1, -0.05) is 29.5 Å². The lowest BCUT2D eigenvalue weighted by Gasteiger charge is -2.24. The third-order valence-corrected chi connectivity index (χ3v) is 7.20. The quantitative estimate of drug-likeness (QED) is 0.663. The van der Waals surface area contributed by atoms with Gasteiger partial charge in [0.25, 0.3) is 10.0 Å². The van der Waals surface area contributed by atoms with Crippen LogP contribution in [0.5, 0.6) is 0 Å². The molecule has 0 amide bonds. The monoisotopic (exact) mass is 392 g/mol. The van der Waals surface area contributed by atoms with Crippen LogP contribution in [0.3, 0.4) is 0 Å². The molecule has 1 fully saturated rings. The van der Waals surface area contributed by atoms with Crippen molar-refractivity contribution in [3.8, 4) is 0 Å². The first-order valence-electron chi connectivity index (χ1n) is 8.29. The van der Waals surface area contributed by atoms with E-state index >= 15 is 0 Å². The minimum atomic E-state index is -3.95. The average Bonchev–Trinajstić information content (AvgIpc) is 3.28. The van der Waals surface area contributed by atoms with E-state index in [1.807, 2.05) is 24.3 Å². The first-order chi connectivity index (χ1) is 12.5. The number of benzene rings is 2. The molecule has 5 nitrogen and oxygen atoms in total. The summed E-state index contributed by atoms with van der Waals surface area (Å²) in [6, 6.07) is 12.5. The van der Waals surface area contributed by atoms with Crippen LogP contribution in [0.4, 0.5) is 9.52 Å². The van der Waals surface area contributed by atoms with Crippen LogP contribution < -0.4 is 4.31 Å². The molecule has 8 heteroatoms. The number of sulfonamides is 1. The molecule has 1 aliphatic rings. The summed E-state index contributed by atoms with van der Waals surface area (Å²) in [5, 5.41) is 0.367. The number of hydrogen-bond acceptors (Lipinski definition) is 5. The molecule has 26 heavy (non-hydrogen) atoms. The summed E-state index contributed by atoms with van der Waals surface area (Å²) in [5.41, 5.74) is 0.735. The Morgan fingerprint density at radius 3 is 2.81 bits per heavy atom. The normalized spacial score (nSPS) is 17.7. The lowest BCUT2D eigenvalue weighted by molar-refractivity contribution is 0.118. The van der Waals surface area contributed by atoms with Gasteiger partial charge in [-0.2, -0.15) is 0 Å². The van der Waals surface area contributed by atoms with E-state index in [-0.39, 0.29) is 17.5 Å². The summed E-state index contributed by atoms with van der Waals surface area (Å²) < 4.78 is 47.8. The number of para-hydroxylation sites is 1. The van der Waals surface area contributed by atoms with Crippen LogP contribution in [0, 0.1) is 5.82 Å². The fourth-order valence-corrected chi connectivity index (χ4v) is 5.64. The van der Waals surface area contributed by atoms with E-state index in [4.69, 9.17) is 4.74 Å². The van der Waals surface area contributed by atoms with Gasteiger partial charge in [-0.3, -0.25) is 0 Å². The van der Waals surface area contributed by atoms with Gasteiger partial charge >= 0.3 is 0 Å². The van der Waals surface area contributed by atoms with Crippen LogP contribution in [0.25, 0.3) is 10.2 Å². The van der Waals surface area contributed by atoms with Crippen molar-refractivity contribution in [1.29, 1.82) is 0 Å². The van der Waals surface area contributed by atoms with Gasteiger partial charge in [-0.15, -0.1) is 0 Å². The fraction of sp³-hybridized carbons (Fsp3) is 0.278. The van der Waals surface area contributed by atoms with Crippen LogP contribution in [-0.2, 0) is 14.8 Å². The van der Waals surface area contributed by atoms with Crippen molar-refractivity contribution in [3.63, 3.8) is 0 Å². The van der Waals surface area contributed by atoms with Gasteiger partial charge in [0.15, 0.2) is 0 Å². The SMILES string of the molecule is O=S(=O)(c1cccc(F)c1)N(C[C@H]1CCCO1)c1nc2ccccc2s1. The van der Waals surface area contributed by atoms with Gasteiger partial charge in [0.05, 0.1) is 27.8 Å². The van der Waals surface area contributed by atoms with Crippen molar-refractivity contribution in [2.45, 2.75) is 23.8 Å². The number of ether oxygens (including phenoxy) is 1. The highest BCUT2D eigenvalue weighted by molar-refractivity contribution is 7.93. The second-order valence-corrected chi connectivity index (χ2v) is 8.96. The Hall–Kier alpha value is -2.03. The highest BCUT2D eigenvalue weighted by Crippen LogP contribution is 2.33. The first-order valence-corrected chi connectivity index (χ1v) is 10.6. The van der Waals surface area contributed by atoms with Gasteiger partial charge in [0.2, 0.25) is 5.13 Å². The van der Waals surface area contributed by atoms with E-state index < -0.39 is 15.8 Å². The molecule has 136 valence electrons. The van der Waals surface area contributed by atoms with E-state index in [1.165, 1.54) is 33.8 Å². The summed E-state index contributed by atoms with van der Waals surface area (Å²) in [6.07, 6.45) is 1.50. The maximum Gasteiger partial charge on any atom is 0.266 e. The molecule has 0 N–H and O–H groups in total. The number of hydrogen-bond donors (Lipinski definition) is 0. The number of aromatic nitrogens is 1. The molecule has 0 bridgehead atoms. The van der Waals surface area contributed by atoms with Crippen molar-refractivity contribution < 1.29 is 17.5 Å². The Morgan fingerprint density at radius 2 is 2.08 bits per heavy atom. The minimum Gasteiger partial charge on any atom is -0.376 e. The Kier molecular flexibility index (Phi) is 4.64. The second kappa shape index (κ2) is 6.94. The maximum atomic E-state index is 13.6. The minimum absolute atomic E-state index is 0.0882. The first kappa shape index (κ1) is 17.4. The molecule has 2 heterocycles. The average molecular weight is 392 g/mol. The van der Waals surface area contributed by atoms with E-state index in [0.717, 1.165) is 29.1 Å². The zero-order valence-corrected chi connectivity index (χ0v) is 15.5. The topological polar surface area (TPSA) is 59.5 Å². The highest BCUT2D eigenvalue weighted by atomic mass is 32.2. The van der Waals surface area contributed by atoms with Crippen molar-refractivity contribution in [3.05, 3.63) is 54.3 Å². The van der Waals surface area contributed by atoms with Crippen molar-refractivity contribution in [2.75, 3.05) is 17.5 Å². The lowest BCUT2D eigenvalue weighted by Crippen LogP contribution is -2.37. The molecule has 3 aromatic rings. The van der Waals surface area contributed by atoms with E-state index in [0.29, 0.717) is 11.7 Å². The third-order valence-electron chi connectivity index (χ3n) is 4.27. The molecule has 1 aliphatic heterocycles. The number of nitrogens with zero attached hydrogens (tertiary/aromatic N) is 2. The summed E-state index contributed by atoms with van der Waals surface area (Å²) >= 11 is 1.30. The number of anilines is 1. The molecule has 1 atom stereocenters. The van der Waals surface area contributed by atoms with Crippen LogP contribution in [0.2, 0.25) is 0 Å². The van der Waals surface area contributed by atoms with Gasteiger partial charge in [-0.05, 0) is 43.2 Å². The summed E-state index contributed by atoms with van der Waals surface area (Å²) in [4.78, 5) is 4.40. The predicted molar refractivity (Wildman–Crippen MR) is 99.5 cm³/mol. The van der Waals surface area contributed by atoms with Gasteiger partial charge in [0, 0.05) is 6.61 Å². The Labute approximate surface area is 155 Å².